The number of nitrogens with one attached hydrogen (secondary N) is 1. The summed E-state index contributed by atoms with van der Waals surface area (Å²) in [5.74, 6) is 3.25. The van der Waals surface area contributed by atoms with E-state index >= 15 is 0 Å². The van der Waals surface area contributed by atoms with Crippen LogP contribution in [-0.2, 0) is 9.53 Å². The Morgan fingerprint density at radius 1 is 1.36 bits per heavy atom. The zero-order chi connectivity index (χ0) is 15.1. The van der Waals surface area contributed by atoms with E-state index in [0.29, 0.717) is 0 Å². The molecule has 0 aromatic heterocycles. The highest BCUT2D eigenvalue weighted by Crippen LogP contribution is 2.36. The SMILES string of the molecule is CO[C@H]1C(=O)N2CSC[C@@H]2CN[C@H]1c1ccc2c(c1)OCO2. The molecule has 0 aliphatic carbocycles. The van der Waals surface area contributed by atoms with Crippen LogP contribution in [0.4, 0.5) is 0 Å². The molecule has 1 amide bonds. The van der Waals surface area contributed by atoms with Gasteiger partial charge in [-0.2, -0.15) is 0 Å². The van der Waals surface area contributed by atoms with Gasteiger partial charge in [0.2, 0.25) is 6.79 Å². The summed E-state index contributed by atoms with van der Waals surface area (Å²) in [4.78, 5) is 14.7. The molecule has 118 valence electrons. The number of benzene rings is 1. The van der Waals surface area contributed by atoms with E-state index in [1.165, 1.54) is 0 Å². The van der Waals surface area contributed by atoms with E-state index in [1.807, 2.05) is 23.1 Å². The van der Waals surface area contributed by atoms with Gasteiger partial charge in [0, 0.05) is 19.4 Å². The smallest absolute Gasteiger partial charge is 0.254 e. The molecule has 2 fully saturated rings. The zero-order valence-electron chi connectivity index (χ0n) is 12.3. The minimum atomic E-state index is -0.524. The minimum absolute atomic E-state index is 0.0603. The van der Waals surface area contributed by atoms with Crippen molar-refractivity contribution in [3.8, 4) is 11.5 Å². The number of carbonyl (C=O) groups excluding carboxylic acids is 1. The number of hydrogen-bond acceptors (Lipinski definition) is 6. The van der Waals surface area contributed by atoms with Crippen LogP contribution in [-0.4, -0.2) is 55.0 Å². The number of fused-ring (bicyclic) bond motifs is 2. The fourth-order valence-electron chi connectivity index (χ4n) is 3.21. The van der Waals surface area contributed by atoms with E-state index in [1.54, 1.807) is 18.9 Å². The lowest BCUT2D eigenvalue weighted by atomic mass is 10.00. The van der Waals surface area contributed by atoms with Crippen LogP contribution in [0.15, 0.2) is 18.2 Å². The van der Waals surface area contributed by atoms with Crippen LogP contribution in [0.1, 0.15) is 11.6 Å². The van der Waals surface area contributed by atoms with Gasteiger partial charge in [0.05, 0.1) is 18.0 Å². The van der Waals surface area contributed by atoms with Crippen molar-refractivity contribution in [3.05, 3.63) is 23.8 Å². The first-order valence-corrected chi connectivity index (χ1v) is 8.47. The number of rotatable bonds is 2. The summed E-state index contributed by atoms with van der Waals surface area (Å²) < 4.78 is 16.3. The van der Waals surface area contributed by atoms with E-state index in [-0.39, 0.29) is 24.8 Å². The number of methoxy groups -OCH3 is 1. The second kappa shape index (κ2) is 5.64. The molecule has 7 heteroatoms. The summed E-state index contributed by atoms with van der Waals surface area (Å²) in [5.41, 5.74) is 0.985. The Hall–Kier alpha value is -1.44. The van der Waals surface area contributed by atoms with Gasteiger partial charge in [-0.3, -0.25) is 4.79 Å². The van der Waals surface area contributed by atoms with Crippen molar-refractivity contribution >= 4 is 17.7 Å². The predicted octanol–water partition coefficient (Wildman–Crippen LogP) is 0.976. The lowest BCUT2D eigenvalue weighted by Crippen LogP contribution is -2.43. The number of thioether (sulfide) groups is 1. The number of carbonyl (C=O) groups is 1. The van der Waals surface area contributed by atoms with E-state index in [4.69, 9.17) is 14.2 Å². The number of nitrogens with zero attached hydrogens (tertiary/aromatic N) is 1. The van der Waals surface area contributed by atoms with Crippen molar-refractivity contribution in [2.75, 3.05) is 32.1 Å². The van der Waals surface area contributed by atoms with E-state index in [0.717, 1.165) is 35.2 Å². The van der Waals surface area contributed by atoms with Crippen molar-refractivity contribution < 1.29 is 19.0 Å². The Labute approximate surface area is 133 Å². The van der Waals surface area contributed by atoms with Gasteiger partial charge >= 0.3 is 0 Å². The molecule has 3 aliphatic heterocycles. The maximum atomic E-state index is 12.8. The summed E-state index contributed by atoms with van der Waals surface area (Å²) in [5, 5.41) is 3.49. The van der Waals surface area contributed by atoms with E-state index in [2.05, 4.69) is 5.32 Å². The van der Waals surface area contributed by atoms with Crippen molar-refractivity contribution in [2.45, 2.75) is 18.2 Å². The van der Waals surface area contributed by atoms with Gasteiger partial charge in [0.1, 0.15) is 0 Å². The average Bonchev–Trinajstić information content (AvgIpc) is 3.16. The van der Waals surface area contributed by atoms with Gasteiger partial charge in [-0.05, 0) is 17.7 Å². The molecule has 0 spiro atoms. The number of amides is 1. The molecular formula is C15H18N2O4S. The first-order valence-electron chi connectivity index (χ1n) is 7.32. The third kappa shape index (κ3) is 2.24. The highest BCUT2D eigenvalue weighted by molar-refractivity contribution is 7.99. The molecule has 3 aliphatic rings. The molecule has 3 atom stereocenters. The topological polar surface area (TPSA) is 60.0 Å². The Morgan fingerprint density at radius 2 is 2.23 bits per heavy atom. The Bertz CT molecular complexity index is 597. The molecule has 22 heavy (non-hydrogen) atoms. The maximum absolute atomic E-state index is 12.8. The van der Waals surface area contributed by atoms with Gasteiger partial charge in [-0.1, -0.05) is 6.07 Å². The average molecular weight is 322 g/mol. The maximum Gasteiger partial charge on any atom is 0.254 e. The Kier molecular flexibility index (Phi) is 3.63. The summed E-state index contributed by atoms with van der Waals surface area (Å²) >= 11 is 1.79. The van der Waals surface area contributed by atoms with Crippen LogP contribution in [0.2, 0.25) is 0 Å². The van der Waals surface area contributed by atoms with Gasteiger partial charge in [0.15, 0.2) is 17.6 Å². The molecule has 4 rings (SSSR count). The predicted molar refractivity (Wildman–Crippen MR) is 82.1 cm³/mol. The Morgan fingerprint density at radius 3 is 3.09 bits per heavy atom. The van der Waals surface area contributed by atoms with Crippen molar-refractivity contribution in [1.82, 2.24) is 10.2 Å². The molecule has 0 saturated carbocycles. The normalized spacial score (nSPS) is 30.3. The van der Waals surface area contributed by atoms with Crippen molar-refractivity contribution in [1.29, 1.82) is 0 Å². The number of hydrogen-bond donors (Lipinski definition) is 1. The summed E-state index contributed by atoms with van der Waals surface area (Å²) in [7, 11) is 1.59. The molecule has 1 N–H and O–H groups in total. The van der Waals surface area contributed by atoms with Crippen molar-refractivity contribution in [2.24, 2.45) is 0 Å². The second-order valence-electron chi connectivity index (χ2n) is 5.62. The Balaban J connectivity index is 1.66. The molecule has 0 radical (unpaired) electrons. The van der Waals surface area contributed by atoms with Crippen LogP contribution >= 0.6 is 11.8 Å². The highest BCUT2D eigenvalue weighted by Gasteiger charge is 2.41. The van der Waals surface area contributed by atoms with Gasteiger partial charge in [0.25, 0.3) is 5.91 Å². The molecule has 3 heterocycles. The lowest BCUT2D eigenvalue weighted by molar-refractivity contribution is -0.142. The lowest BCUT2D eigenvalue weighted by Gasteiger charge is -2.26. The van der Waals surface area contributed by atoms with Crippen LogP contribution in [0.5, 0.6) is 11.5 Å². The first kappa shape index (κ1) is 14.2. The largest absolute Gasteiger partial charge is 0.454 e. The molecule has 1 aromatic rings. The van der Waals surface area contributed by atoms with Crippen LogP contribution < -0.4 is 14.8 Å². The standard InChI is InChI=1S/C15H18N2O4S/c1-19-14-13(9-2-3-11-12(4-9)21-8-20-11)16-5-10-6-22-7-17(10)15(14)18/h2-4,10,13-14,16H,5-8H2,1H3/t10-,13-,14+/m0/s1. The fourth-order valence-corrected chi connectivity index (χ4v) is 4.42. The molecular weight excluding hydrogens is 304 g/mol. The van der Waals surface area contributed by atoms with Gasteiger partial charge in [-0.25, -0.2) is 0 Å². The highest BCUT2D eigenvalue weighted by atomic mass is 32.2. The third-order valence-corrected chi connectivity index (χ3v) is 5.47. The molecule has 0 unspecified atom stereocenters. The van der Waals surface area contributed by atoms with Crippen LogP contribution in [0.3, 0.4) is 0 Å². The van der Waals surface area contributed by atoms with Crippen molar-refractivity contribution in [3.63, 3.8) is 0 Å². The fraction of sp³-hybridized carbons (Fsp3) is 0.533. The molecule has 0 bridgehead atoms. The number of ether oxygens (including phenoxy) is 3. The minimum Gasteiger partial charge on any atom is -0.454 e. The second-order valence-corrected chi connectivity index (χ2v) is 6.62. The van der Waals surface area contributed by atoms with Crippen LogP contribution in [0, 0.1) is 0 Å². The molecule has 6 nitrogen and oxygen atoms in total. The summed E-state index contributed by atoms with van der Waals surface area (Å²) in [6, 6.07) is 5.86. The van der Waals surface area contributed by atoms with Crippen LogP contribution in [0.25, 0.3) is 0 Å². The molecule has 1 aromatic carbocycles. The van der Waals surface area contributed by atoms with E-state index in [9.17, 15) is 4.79 Å². The van der Waals surface area contributed by atoms with Gasteiger partial charge in [-0.15, -0.1) is 11.8 Å². The zero-order valence-corrected chi connectivity index (χ0v) is 13.1. The summed E-state index contributed by atoms with van der Waals surface area (Å²) in [6.07, 6.45) is -0.524. The summed E-state index contributed by atoms with van der Waals surface area (Å²) in [6.45, 7) is 1.02. The van der Waals surface area contributed by atoms with Gasteiger partial charge < -0.3 is 24.4 Å². The first-order chi connectivity index (χ1) is 10.8. The van der Waals surface area contributed by atoms with E-state index < -0.39 is 6.10 Å². The monoisotopic (exact) mass is 322 g/mol. The molecule has 2 saturated heterocycles. The quantitative estimate of drug-likeness (QED) is 0.876. The third-order valence-electron chi connectivity index (χ3n) is 4.39.